The Morgan fingerprint density at radius 2 is 2.20 bits per heavy atom. The average molecular weight is 269 g/mol. The van der Waals surface area contributed by atoms with Crippen LogP contribution in [0.1, 0.15) is 29.3 Å². The molecule has 0 unspecified atom stereocenters. The van der Waals surface area contributed by atoms with E-state index in [0.29, 0.717) is 11.1 Å². The number of hydrogen-bond donors (Lipinski definition) is 1. The fourth-order valence-corrected chi connectivity index (χ4v) is 2.29. The van der Waals surface area contributed by atoms with E-state index >= 15 is 0 Å². The summed E-state index contributed by atoms with van der Waals surface area (Å²) in [6.45, 7) is 1.59. The van der Waals surface area contributed by atoms with Gasteiger partial charge in [0, 0.05) is 16.5 Å². The molecule has 1 aliphatic rings. The molecule has 0 spiro atoms. The number of aliphatic carboxylic acids is 1. The van der Waals surface area contributed by atoms with Crippen LogP contribution in [0.2, 0.25) is 0 Å². The first-order valence-corrected chi connectivity index (χ1v) is 5.31. The van der Waals surface area contributed by atoms with E-state index in [2.05, 4.69) is 15.9 Å². The Morgan fingerprint density at radius 1 is 1.53 bits per heavy atom. The number of carbonyl (C=O) groups excluding carboxylic acids is 1. The highest BCUT2D eigenvalue weighted by atomic mass is 79.9. The van der Waals surface area contributed by atoms with E-state index < -0.39 is 11.4 Å². The van der Waals surface area contributed by atoms with E-state index in [0.717, 1.165) is 4.47 Å². The third-order valence-electron chi connectivity index (χ3n) is 2.86. The van der Waals surface area contributed by atoms with Crippen molar-refractivity contribution in [3.8, 4) is 0 Å². The van der Waals surface area contributed by atoms with Gasteiger partial charge in [-0.25, -0.2) is 0 Å². The molecule has 1 N–H and O–H groups in total. The summed E-state index contributed by atoms with van der Waals surface area (Å²) in [6, 6.07) is 5.16. The molecular weight excluding hydrogens is 260 g/mol. The van der Waals surface area contributed by atoms with Crippen molar-refractivity contribution >= 4 is 27.7 Å². The van der Waals surface area contributed by atoms with Gasteiger partial charge >= 0.3 is 5.97 Å². The first kappa shape index (κ1) is 10.4. The van der Waals surface area contributed by atoms with Gasteiger partial charge in [-0.1, -0.05) is 22.0 Å². The van der Waals surface area contributed by atoms with Crippen molar-refractivity contribution in [3.05, 3.63) is 33.8 Å². The molecule has 4 heteroatoms. The summed E-state index contributed by atoms with van der Waals surface area (Å²) in [5, 5.41) is 9.14. The molecule has 0 bridgehead atoms. The van der Waals surface area contributed by atoms with Crippen molar-refractivity contribution in [1.29, 1.82) is 0 Å². The fourth-order valence-electron chi connectivity index (χ4n) is 1.93. The van der Waals surface area contributed by atoms with E-state index in [4.69, 9.17) is 5.11 Å². The minimum absolute atomic E-state index is 0.0497. The lowest BCUT2D eigenvalue weighted by atomic mass is 9.84. The van der Waals surface area contributed by atoms with Crippen LogP contribution in [0.4, 0.5) is 0 Å². The van der Waals surface area contributed by atoms with Gasteiger partial charge in [0.05, 0.1) is 5.41 Å². The van der Waals surface area contributed by atoms with Crippen LogP contribution in [0.5, 0.6) is 0 Å². The van der Waals surface area contributed by atoms with Crippen LogP contribution in [-0.4, -0.2) is 16.9 Å². The van der Waals surface area contributed by atoms with Crippen LogP contribution in [0, 0.1) is 0 Å². The van der Waals surface area contributed by atoms with Gasteiger partial charge in [0.2, 0.25) is 0 Å². The van der Waals surface area contributed by atoms with Gasteiger partial charge < -0.3 is 5.11 Å². The van der Waals surface area contributed by atoms with Crippen molar-refractivity contribution in [2.45, 2.75) is 18.8 Å². The molecule has 0 fully saturated rings. The number of carboxylic acid groups (broad SMARTS) is 1. The third-order valence-corrected chi connectivity index (χ3v) is 3.36. The second kappa shape index (κ2) is 3.17. The van der Waals surface area contributed by atoms with E-state index in [1.54, 1.807) is 25.1 Å². The third kappa shape index (κ3) is 1.40. The predicted molar refractivity (Wildman–Crippen MR) is 58.1 cm³/mol. The van der Waals surface area contributed by atoms with Crippen molar-refractivity contribution in [2.24, 2.45) is 0 Å². The highest BCUT2D eigenvalue weighted by Gasteiger charge is 2.45. The van der Waals surface area contributed by atoms with Gasteiger partial charge in [-0.3, -0.25) is 9.59 Å². The summed E-state index contributed by atoms with van der Waals surface area (Å²) in [5.74, 6) is -1.05. The van der Waals surface area contributed by atoms with Crippen LogP contribution in [0.3, 0.4) is 0 Å². The quantitative estimate of drug-likeness (QED) is 0.851. The molecule has 3 nitrogen and oxygen atoms in total. The van der Waals surface area contributed by atoms with Crippen LogP contribution < -0.4 is 0 Å². The topological polar surface area (TPSA) is 54.4 Å². The van der Waals surface area contributed by atoms with E-state index in [-0.39, 0.29) is 12.2 Å². The fraction of sp³-hybridized carbons (Fsp3) is 0.273. The molecule has 1 atom stereocenters. The van der Waals surface area contributed by atoms with Crippen molar-refractivity contribution in [2.75, 3.05) is 0 Å². The molecular formula is C11H9BrO3. The standard InChI is InChI=1S/C11H9BrO3/c1-11(10(14)15)5-9(13)7-4-6(12)2-3-8(7)11/h2-4H,5H2,1H3,(H,14,15)/t11-/m0/s1. The molecule has 0 aromatic heterocycles. The van der Waals surface area contributed by atoms with Crippen molar-refractivity contribution in [3.63, 3.8) is 0 Å². The number of Topliss-reactive ketones (excluding diaryl/α,β-unsaturated/α-hetero) is 1. The molecule has 0 saturated heterocycles. The maximum absolute atomic E-state index is 11.7. The number of rotatable bonds is 1. The average Bonchev–Trinajstić information content (AvgIpc) is 2.40. The molecule has 78 valence electrons. The van der Waals surface area contributed by atoms with Gasteiger partial charge in [-0.2, -0.15) is 0 Å². The normalized spacial score (nSPS) is 24.0. The molecule has 15 heavy (non-hydrogen) atoms. The summed E-state index contributed by atoms with van der Waals surface area (Å²) in [4.78, 5) is 22.8. The number of fused-ring (bicyclic) bond motifs is 1. The van der Waals surface area contributed by atoms with Gasteiger partial charge in [0.25, 0.3) is 0 Å². The number of ketones is 1. The predicted octanol–water partition coefficient (Wildman–Crippen LogP) is 2.38. The number of halogens is 1. The summed E-state index contributed by atoms with van der Waals surface area (Å²) in [5.41, 5.74) is 0.0742. The number of benzene rings is 1. The number of carbonyl (C=O) groups is 2. The van der Waals surface area contributed by atoms with Gasteiger partial charge in [-0.15, -0.1) is 0 Å². The van der Waals surface area contributed by atoms with Crippen LogP contribution in [0.15, 0.2) is 22.7 Å². The van der Waals surface area contributed by atoms with Crippen molar-refractivity contribution < 1.29 is 14.7 Å². The summed E-state index contributed by atoms with van der Waals surface area (Å²) >= 11 is 3.27. The van der Waals surface area contributed by atoms with Gasteiger partial charge in [-0.05, 0) is 24.6 Å². The van der Waals surface area contributed by atoms with E-state index in [1.807, 2.05) is 0 Å². The van der Waals surface area contributed by atoms with Gasteiger partial charge in [0.15, 0.2) is 5.78 Å². The molecule has 0 saturated carbocycles. The molecule has 0 heterocycles. The van der Waals surface area contributed by atoms with E-state index in [1.165, 1.54) is 0 Å². The maximum atomic E-state index is 11.7. The van der Waals surface area contributed by atoms with Crippen LogP contribution in [-0.2, 0) is 10.2 Å². The monoisotopic (exact) mass is 268 g/mol. The minimum Gasteiger partial charge on any atom is -0.481 e. The summed E-state index contributed by atoms with van der Waals surface area (Å²) < 4.78 is 0.796. The first-order valence-electron chi connectivity index (χ1n) is 4.52. The van der Waals surface area contributed by atoms with Crippen LogP contribution in [0.25, 0.3) is 0 Å². The molecule has 1 aromatic rings. The Labute approximate surface area is 95.2 Å². The lowest BCUT2D eigenvalue weighted by Gasteiger charge is -2.18. The zero-order valence-corrected chi connectivity index (χ0v) is 9.67. The second-order valence-corrected chi connectivity index (χ2v) is 4.84. The summed E-state index contributed by atoms with van der Waals surface area (Å²) in [7, 11) is 0. The lowest BCUT2D eigenvalue weighted by Crippen LogP contribution is -2.29. The highest BCUT2D eigenvalue weighted by Crippen LogP contribution is 2.39. The highest BCUT2D eigenvalue weighted by molar-refractivity contribution is 9.10. The molecule has 0 aliphatic heterocycles. The SMILES string of the molecule is C[C@]1(C(=O)O)CC(=O)c2cc(Br)ccc21. The smallest absolute Gasteiger partial charge is 0.314 e. The van der Waals surface area contributed by atoms with Gasteiger partial charge in [0.1, 0.15) is 0 Å². The largest absolute Gasteiger partial charge is 0.481 e. The summed E-state index contributed by atoms with van der Waals surface area (Å²) in [6.07, 6.45) is 0.0497. The zero-order chi connectivity index (χ0) is 11.2. The number of hydrogen-bond acceptors (Lipinski definition) is 2. The van der Waals surface area contributed by atoms with E-state index in [9.17, 15) is 9.59 Å². The zero-order valence-electron chi connectivity index (χ0n) is 8.08. The Kier molecular flexibility index (Phi) is 2.19. The Morgan fingerprint density at radius 3 is 2.80 bits per heavy atom. The lowest BCUT2D eigenvalue weighted by molar-refractivity contribution is -0.142. The molecule has 0 amide bonds. The Bertz CT molecular complexity index is 467. The van der Waals surface area contributed by atoms with Crippen molar-refractivity contribution in [1.82, 2.24) is 0 Å². The molecule has 1 aliphatic carbocycles. The minimum atomic E-state index is -1.06. The molecule has 1 aromatic carbocycles. The molecule has 2 rings (SSSR count). The molecule has 0 radical (unpaired) electrons. The Balaban J connectivity index is 2.66. The Hall–Kier alpha value is -1.16. The second-order valence-electron chi connectivity index (χ2n) is 3.93. The first-order chi connectivity index (χ1) is 6.95. The number of carboxylic acids is 1. The van der Waals surface area contributed by atoms with Crippen LogP contribution >= 0.6 is 15.9 Å². The maximum Gasteiger partial charge on any atom is 0.314 e.